The molecule has 1 fully saturated rings. The molecule has 0 bridgehead atoms. The lowest BCUT2D eigenvalue weighted by molar-refractivity contribution is -0.137. The molecule has 1 aliphatic rings. The summed E-state index contributed by atoms with van der Waals surface area (Å²) in [5.74, 6) is -0.360. The molecular formula is C22H20F3N3OS. The molecule has 0 atom stereocenters. The number of hydrogen-bond donors (Lipinski definition) is 0. The van der Waals surface area contributed by atoms with Gasteiger partial charge in [-0.05, 0) is 18.2 Å². The van der Waals surface area contributed by atoms with Gasteiger partial charge in [0.2, 0.25) is 0 Å². The number of thiazole rings is 1. The first-order valence-corrected chi connectivity index (χ1v) is 10.5. The molecule has 2 aromatic carbocycles. The number of carbonyl (C=O) groups is 1. The third-order valence-electron chi connectivity index (χ3n) is 5.05. The predicted octanol–water partition coefficient (Wildman–Crippen LogP) is 4.79. The van der Waals surface area contributed by atoms with Crippen LogP contribution in [0.15, 0.2) is 60.0 Å². The van der Waals surface area contributed by atoms with E-state index in [1.54, 1.807) is 16.2 Å². The van der Waals surface area contributed by atoms with Crippen molar-refractivity contribution < 1.29 is 18.0 Å². The standard InChI is InChI=1S/C22H20F3N3OS/c23-22(24,25)18-8-4-7-17(13-18)21(29)28-11-9-27(10-12-28)14-19-15-30-20(26-19)16-5-2-1-3-6-16/h1-8,13,15H,9-12,14H2. The summed E-state index contributed by atoms with van der Waals surface area (Å²) in [6.07, 6.45) is -4.46. The van der Waals surface area contributed by atoms with Crippen LogP contribution in [0.5, 0.6) is 0 Å². The van der Waals surface area contributed by atoms with Crippen molar-refractivity contribution in [1.29, 1.82) is 0 Å². The van der Waals surface area contributed by atoms with Gasteiger partial charge in [0.25, 0.3) is 5.91 Å². The number of halogens is 3. The molecule has 0 radical (unpaired) electrons. The monoisotopic (exact) mass is 431 g/mol. The number of carbonyl (C=O) groups excluding carboxylic acids is 1. The average Bonchev–Trinajstić information content (AvgIpc) is 3.22. The summed E-state index contributed by atoms with van der Waals surface area (Å²) in [7, 11) is 0. The van der Waals surface area contributed by atoms with Crippen molar-refractivity contribution in [3.63, 3.8) is 0 Å². The summed E-state index contributed by atoms with van der Waals surface area (Å²) in [6.45, 7) is 2.95. The summed E-state index contributed by atoms with van der Waals surface area (Å²) in [5, 5.41) is 3.02. The first-order chi connectivity index (χ1) is 14.4. The van der Waals surface area contributed by atoms with E-state index in [-0.39, 0.29) is 11.5 Å². The van der Waals surface area contributed by atoms with E-state index in [1.165, 1.54) is 12.1 Å². The predicted molar refractivity (Wildman–Crippen MR) is 110 cm³/mol. The smallest absolute Gasteiger partial charge is 0.336 e. The number of piperazine rings is 1. The lowest BCUT2D eigenvalue weighted by atomic mass is 10.1. The van der Waals surface area contributed by atoms with Gasteiger partial charge in [-0.15, -0.1) is 11.3 Å². The third-order valence-corrected chi connectivity index (χ3v) is 5.99. The molecule has 1 amide bonds. The zero-order chi connectivity index (χ0) is 21.1. The van der Waals surface area contributed by atoms with E-state index in [0.717, 1.165) is 28.4 Å². The van der Waals surface area contributed by atoms with Crippen molar-refractivity contribution in [2.24, 2.45) is 0 Å². The second-order valence-corrected chi connectivity index (χ2v) is 8.02. The van der Waals surface area contributed by atoms with Crippen molar-refractivity contribution >= 4 is 17.2 Å². The molecular weight excluding hydrogens is 411 g/mol. The van der Waals surface area contributed by atoms with Crippen LogP contribution in [0.2, 0.25) is 0 Å². The van der Waals surface area contributed by atoms with Crippen LogP contribution in [0, 0.1) is 0 Å². The number of aromatic nitrogens is 1. The quantitative estimate of drug-likeness (QED) is 0.596. The first-order valence-electron chi connectivity index (χ1n) is 9.59. The van der Waals surface area contributed by atoms with Crippen LogP contribution in [0.3, 0.4) is 0 Å². The van der Waals surface area contributed by atoms with Crippen LogP contribution in [0.25, 0.3) is 10.6 Å². The van der Waals surface area contributed by atoms with Crippen molar-refractivity contribution in [3.05, 3.63) is 76.8 Å². The lowest BCUT2D eigenvalue weighted by Gasteiger charge is -2.34. The Morgan fingerprint density at radius 1 is 1.00 bits per heavy atom. The zero-order valence-corrected chi connectivity index (χ0v) is 16.9. The van der Waals surface area contributed by atoms with Crippen molar-refractivity contribution in [3.8, 4) is 10.6 Å². The van der Waals surface area contributed by atoms with Crippen molar-refractivity contribution in [2.45, 2.75) is 12.7 Å². The highest BCUT2D eigenvalue weighted by Gasteiger charge is 2.31. The Morgan fingerprint density at radius 2 is 1.73 bits per heavy atom. The van der Waals surface area contributed by atoms with E-state index in [2.05, 4.69) is 4.90 Å². The SMILES string of the molecule is O=C(c1cccc(C(F)(F)F)c1)N1CCN(Cc2csc(-c3ccccc3)n2)CC1. The minimum Gasteiger partial charge on any atom is -0.336 e. The van der Waals surface area contributed by atoms with Gasteiger partial charge in [0.15, 0.2) is 0 Å². The van der Waals surface area contributed by atoms with Crippen molar-refractivity contribution in [2.75, 3.05) is 26.2 Å². The number of hydrogen-bond acceptors (Lipinski definition) is 4. The van der Waals surface area contributed by atoms with Crippen LogP contribution in [0.1, 0.15) is 21.6 Å². The second kappa shape index (κ2) is 8.57. The minimum atomic E-state index is -4.46. The van der Waals surface area contributed by atoms with Gasteiger partial charge in [-0.3, -0.25) is 9.69 Å². The fourth-order valence-electron chi connectivity index (χ4n) is 3.44. The number of amides is 1. The maximum absolute atomic E-state index is 12.9. The highest BCUT2D eigenvalue weighted by molar-refractivity contribution is 7.13. The first kappa shape index (κ1) is 20.6. The zero-order valence-electron chi connectivity index (χ0n) is 16.1. The Morgan fingerprint density at radius 3 is 2.43 bits per heavy atom. The van der Waals surface area contributed by atoms with E-state index in [1.807, 2.05) is 35.7 Å². The van der Waals surface area contributed by atoms with Gasteiger partial charge in [-0.1, -0.05) is 36.4 Å². The van der Waals surface area contributed by atoms with Gasteiger partial charge < -0.3 is 4.90 Å². The second-order valence-electron chi connectivity index (χ2n) is 7.16. The molecule has 0 aliphatic carbocycles. The number of nitrogens with zero attached hydrogens (tertiary/aromatic N) is 3. The van der Waals surface area contributed by atoms with Crippen LogP contribution >= 0.6 is 11.3 Å². The Balaban J connectivity index is 1.34. The molecule has 2 heterocycles. The third kappa shape index (κ3) is 4.71. The van der Waals surface area contributed by atoms with Crippen LogP contribution in [-0.2, 0) is 12.7 Å². The fraction of sp³-hybridized carbons (Fsp3) is 0.273. The molecule has 0 unspecified atom stereocenters. The maximum Gasteiger partial charge on any atom is 0.416 e. The molecule has 0 N–H and O–H groups in total. The average molecular weight is 431 g/mol. The van der Waals surface area contributed by atoms with Crippen LogP contribution < -0.4 is 0 Å². The van der Waals surface area contributed by atoms with Gasteiger partial charge in [0, 0.05) is 49.2 Å². The number of benzene rings is 2. The van der Waals surface area contributed by atoms with E-state index in [4.69, 9.17) is 4.98 Å². The number of alkyl halides is 3. The molecule has 1 aliphatic heterocycles. The molecule has 0 saturated carbocycles. The Bertz CT molecular complexity index is 1010. The minimum absolute atomic E-state index is 0.0743. The molecule has 8 heteroatoms. The summed E-state index contributed by atoms with van der Waals surface area (Å²) >= 11 is 1.60. The number of rotatable bonds is 4. The molecule has 4 rings (SSSR count). The molecule has 1 saturated heterocycles. The topological polar surface area (TPSA) is 36.4 Å². The summed E-state index contributed by atoms with van der Waals surface area (Å²) in [4.78, 5) is 21.2. The molecule has 0 spiro atoms. The highest BCUT2D eigenvalue weighted by atomic mass is 32.1. The summed E-state index contributed by atoms with van der Waals surface area (Å²) < 4.78 is 38.7. The van der Waals surface area contributed by atoms with Gasteiger partial charge in [-0.25, -0.2) is 4.98 Å². The summed E-state index contributed by atoms with van der Waals surface area (Å²) in [6, 6.07) is 14.6. The van der Waals surface area contributed by atoms with Gasteiger partial charge >= 0.3 is 6.18 Å². The van der Waals surface area contributed by atoms with Gasteiger partial charge in [0.05, 0.1) is 11.3 Å². The Hall–Kier alpha value is -2.71. The molecule has 3 aromatic rings. The lowest BCUT2D eigenvalue weighted by Crippen LogP contribution is -2.48. The van der Waals surface area contributed by atoms with Gasteiger partial charge in [0.1, 0.15) is 5.01 Å². The summed E-state index contributed by atoms with van der Waals surface area (Å²) in [5.41, 5.74) is 1.34. The Kier molecular flexibility index (Phi) is 5.87. The van der Waals surface area contributed by atoms with Crippen LogP contribution in [-0.4, -0.2) is 46.9 Å². The highest BCUT2D eigenvalue weighted by Crippen LogP contribution is 2.30. The normalized spacial score (nSPS) is 15.4. The van der Waals surface area contributed by atoms with E-state index < -0.39 is 11.7 Å². The van der Waals surface area contributed by atoms with Gasteiger partial charge in [-0.2, -0.15) is 13.2 Å². The molecule has 156 valence electrons. The molecule has 30 heavy (non-hydrogen) atoms. The largest absolute Gasteiger partial charge is 0.416 e. The molecule has 4 nitrogen and oxygen atoms in total. The maximum atomic E-state index is 12.9. The Labute approximate surface area is 176 Å². The van der Waals surface area contributed by atoms with E-state index in [0.29, 0.717) is 32.7 Å². The van der Waals surface area contributed by atoms with E-state index in [9.17, 15) is 18.0 Å². The van der Waals surface area contributed by atoms with Crippen LogP contribution in [0.4, 0.5) is 13.2 Å². The molecule has 1 aromatic heterocycles. The van der Waals surface area contributed by atoms with E-state index >= 15 is 0 Å². The van der Waals surface area contributed by atoms with Crippen molar-refractivity contribution in [1.82, 2.24) is 14.8 Å². The fourth-order valence-corrected chi connectivity index (χ4v) is 4.26.